The average molecular weight is 219 g/mol. The fourth-order valence-electron chi connectivity index (χ4n) is 1.79. The van der Waals surface area contributed by atoms with Crippen molar-refractivity contribution < 1.29 is 0 Å². The highest BCUT2D eigenvalue weighted by Gasteiger charge is 2.22. The van der Waals surface area contributed by atoms with Crippen molar-refractivity contribution in [2.24, 2.45) is 5.92 Å². The summed E-state index contributed by atoms with van der Waals surface area (Å²) in [6, 6.07) is 8.62. The molecule has 1 aromatic carbocycles. The normalized spacial score (nSPS) is 17.6. The summed E-state index contributed by atoms with van der Waals surface area (Å²) >= 11 is 1.88. The van der Waals surface area contributed by atoms with Crippen LogP contribution in [-0.4, -0.2) is 6.54 Å². The highest BCUT2D eigenvalue weighted by molar-refractivity contribution is 8.03. The quantitative estimate of drug-likeness (QED) is 0.736. The molecule has 80 valence electrons. The third kappa shape index (κ3) is 2.05. The zero-order chi connectivity index (χ0) is 10.8. The third-order valence-corrected chi connectivity index (χ3v) is 3.56. The third-order valence-electron chi connectivity index (χ3n) is 2.43. The Morgan fingerprint density at radius 3 is 2.73 bits per heavy atom. The Hall–Kier alpha value is -0.890. The number of nitrogens with zero attached hydrogens (tertiary/aromatic N) is 1. The van der Waals surface area contributed by atoms with Gasteiger partial charge in [-0.15, -0.1) is 0 Å². The molecule has 2 heteroatoms. The van der Waals surface area contributed by atoms with Crippen LogP contribution in [0.15, 0.2) is 40.3 Å². The van der Waals surface area contributed by atoms with Gasteiger partial charge in [-0.05, 0) is 25.0 Å². The molecule has 0 atom stereocenters. The second-order valence-corrected chi connectivity index (χ2v) is 5.13. The van der Waals surface area contributed by atoms with Gasteiger partial charge in [0.2, 0.25) is 0 Å². The van der Waals surface area contributed by atoms with E-state index in [9.17, 15) is 0 Å². The predicted octanol–water partition coefficient (Wildman–Crippen LogP) is 4.12. The minimum atomic E-state index is 0.607. The van der Waals surface area contributed by atoms with Crippen LogP contribution >= 0.6 is 11.8 Å². The van der Waals surface area contributed by atoms with Crippen LogP contribution in [-0.2, 0) is 0 Å². The van der Waals surface area contributed by atoms with Gasteiger partial charge in [0, 0.05) is 11.4 Å². The minimum absolute atomic E-state index is 0.607. The summed E-state index contributed by atoms with van der Waals surface area (Å²) in [5, 5.41) is 1.38. The van der Waals surface area contributed by atoms with Gasteiger partial charge in [-0.2, -0.15) is 0 Å². The monoisotopic (exact) mass is 219 g/mol. The smallest absolute Gasteiger partial charge is 0.0763 e. The summed E-state index contributed by atoms with van der Waals surface area (Å²) in [7, 11) is 0. The Morgan fingerprint density at radius 1 is 1.33 bits per heavy atom. The second kappa shape index (κ2) is 4.31. The van der Waals surface area contributed by atoms with Gasteiger partial charge in [0.15, 0.2) is 0 Å². The van der Waals surface area contributed by atoms with E-state index in [-0.39, 0.29) is 0 Å². The lowest BCUT2D eigenvalue weighted by atomic mass is 10.2. The number of allylic oxidation sites excluding steroid dienone is 1. The number of anilines is 1. The van der Waals surface area contributed by atoms with Gasteiger partial charge < -0.3 is 4.90 Å². The molecule has 0 spiro atoms. The molecule has 1 nitrogen and oxygen atoms in total. The van der Waals surface area contributed by atoms with Gasteiger partial charge in [0.05, 0.1) is 10.7 Å². The zero-order valence-electron chi connectivity index (χ0n) is 9.53. The van der Waals surface area contributed by atoms with E-state index in [2.05, 4.69) is 56.0 Å². The van der Waals surface area contributed by atoms with Crippen molar-refractivity contribution in [1.82, 2.24) is 0 Å². The van der Waals surface area contributed by atoms with E-state index in [0.29, 0.717) is 5.92 Å². The second-order valence-electron chi connectivity index (χ2n) is 4.06. The lowest BCUT2D eigenvalue weighted by molar-refractivity contribution is 0.820. The van der Waals surface area contributed by atoms with Crippen LogP contribution in [0.1, 0.15) is 20.8 Å². The van der Waals surface area contributed by atoms with E-state index in [1.54, 1.807) is 0 Å². The molecule has 0 radical (unpaired) electrons. The van der Waals surface area contributed by atoms with Crippen LogP contribution in [0, 0.1) is 5.92 Å². The number of hydrogen-bond donors (Lipinski definition) is 0. The highest BCUT2D eigenvalue weighted by Crippen LogP contribution is 2.45. The summed E-state index contributed by atoms with van der Waals surface area (Å²) in [4.78, 5) is 3.77. The largest absolute Gasteiger partial charge is 0.336 e. The first-order valence-corrected chi connectivity index (χ1v) is 6.30. The molecule has 0 amide bonds. The molecule has 1 heterocycles. The van der Waals surface area contributed by atoms with Crippen molar-refractivity contribution >= 4 is 17.4 Å². The first-order chi connectivity index (χ1) is 7.22. The molecule has 0 bridgehead atoms. The van der Waals surface area contributed by atoms with Crippen molar-refractivity contribution in [2.45, 2.75) is 25.7 Å². The molecule has 15 heavy (non-hydrogen) atoms. The van der Waals surface area contributed by atoms with Gasteiger partial charge in [-0.25, -0.2) is 0 Å². The maximum absolute atomic E-state index is 2.39. The minimum Gasteiger partial charge on any atom is -0.336 e. The Labute approximate surface area is 96.2 Å². The Kier molecular flexibility index (Phi) is 3.06. The number of fused-ring (bicyclic) bond motifs is 1. The first-order valence-electron chi connectivity index (χ1n) is 5.48. The maximum atomic E-state index is 2.39. The SMILES string of the molecule is CCN1/C(=C/C(C)C)Sc2ccccc21. The van der Waals surface area contributed by atoms with Crippen LogP contribution < -0.4 is 4.90 Å². The molecule has 1 aliphatic heterocycles. The van der Waals surface area contributed by atoms with Gasteiger partial charge in [0.25, 0.3) is 0 Å². The Balaban J connectivity index is 2.37. The number of benzene rings is 1. The van der Waals surface area contributed by atoms with Crippen LogP contribution in [0.2, 0.25) is 0 Å². The molecule has 0 saturated heterocycles. The molecule has 2 rings (SSSR count). The first kappa shape index (κ1) is 10.6. The standard InChI is InChI=1S/C13H17NS/c1-4-14-11-7-5-6-8-12(11)15-13(14)9-10(2)3/h5-10H,4H2,1-3H3/b13-9-. The van der Waals surface area contributed by atoms with E-state index in [1.807, 2.05) is 11.8 Å². The number of hydrogen-bond acceptors (Lipinski definition) is 2. The highest BCUT2D eigenvalue weighted by atomic mass is 32.2. The Bertz CT molecular complexity index is 382. The number of rotatable bonds is 2. The molecular weight excluding hydrogens is 202 g/mol. The lowest BCUT2D eigenvalue weighted by Crippen LogP contribution is -2.16. The van der Waals surface area contributed by atoms with E-state index >= 15 is 0 Å². The average Bonchev–Trinajstić information content (AvgIpc) is 2.53. The van der Waals surface area contributed by atoms with Gasteiger partial charge in [-0.3, -0.25) is 0 Å². The van der Waals surface area contributed by atoms with Crippen molar-refractivity contribution in [3.8, 4) is 0 Å². The molecule has 0 fully saturated rings. The van der Waals surface area contributed by atoms with E-state index < -0.39 is 0 Å². The van der Waals surface area contributed by atoms with E-state index in [4.69, 9.17) is 0 Å². The number of thioether (sulfide) groups is 1. The molecule has 0 aromatic heterocycles. The topological polar surface area (TPSA) is 3.24 Å². The zero-order valence-corrected chi connectivity index (χ0v) is 10.3. The lowest BCUT2D eigenvalue weighted by Gasteiger charge is -2.18. The molecule has 0 aliphatic carbocycles. The van der Waals surface area contributed by atoms with Crippen molar-refractivity contribution in [3.63, 3.8) is 0 Å². The van der Waals surface area contributed by atoms with Crippen LogP contribution in [0.4, 0.5) is 5.69 Å². The van der Waals surface area contributed by atoms with Gasteiger partial charge >= 0.3 is 0 Å². The van der Waals surface area contributed by atoms with Crippen molar-refractivity contribution in [2.75, 3.05) is 11.4 Å². The van der Waals surface area contributed by atoms with Gasteiger partial charge in [-0.1, -0.05) is 43.8 Å². The Morgan fingerprint density at radius 2 is 2.07 bits per heavy atom. The van der Waals surface area contributed by atoms with Crippen molar-refractivity contribution in [1.29, 1.82) is 0 Å². The number of para-hydroxylation sites is 1. The molecule has 1 aliphatic rings. The van der Waals surface area contributed by atoms with Crippen LogP contribution in [0.25, 0.3) is 0 Å². The van der Waals surface area contributed by atoms with E-state index in [0.717, 1.165) is 6.54 Å². The summed E-state index contributed by atoms with van der Waals surface area (Å²) < 4.78 is 0. The van der Waals surface area contributed by atoms with Crippen molar-refractivity contribution in [3.05, 3.63) is 35.4 Å². The summed E-state index contributed by atoms with van der Waals surface area (Å²) in [5.41, 5.74) is 1.36. The van der Waals surface area contributed by atoms with Crippen LogP contribution in [0.5, 0.6) is 0 Å². The molecule has 0 N–H and O–H groups in total. The molecule has 0 saturated carbocycles. The van der Waals surface area contributed by atoms with Gasteiger partial charge in [0.1, 0.15) is 0 Å². The fraction of sp³-hybridized carbons (Fsp3) is 0.385. The van der Waals surface area contributed by atoms with E-state index in [1.165, 1.54) is 15.6 Å². The maximum Gasteiger partial charge on any atom is 0.0763 e. The fourth-order valence-corrected chi connectivity index (χ4v) is 3.12. The van der Waals surface area contributed by atoms with Crippen LogP contribution in [0.3, 0.4) is 0 Å². The molecular formula is C13H17NS. The summed E-state index contributed by atoms with van der Waals surface area (Å²) in [5.74, 6) is 0.607. The molecule has 0 unspecified atom stereocenters. The summed E-state index contributed by atoms with van der Waals surface area (Å²) in [6.45, 7) is 7.70. The molecule has 1 aromatic rings. The predicted molar refractivity (Wildman–Crippen MR) is 68.2 cm³/mol. The summed E-state index contributed by atoms with van der Waals surface area (Å²) in [6.07, 6.45) is 2.34.